The summed E-state index contributed by atoms with van der Waals surface area (Å²) in [5, 5.41) is -0.424. The second kappa shape index (κ2) is 3.21. The Morgan fingerprint density at radius 2 is 1.35 bits per heavy atom. The molecular formula is C11H6N2O3S. The highest BCUT2D eigenvalue weighted by Crippen LogP contribution is 2.30. The fourth-order valence-corrected chi connectivity index (χ4v) is 3.28. The molecule has 3 heterocycles. The molecule has 2 aromatic heterocycles. The van der Waals surface area contributed by atoms with Crippen molar-refractivity contribution in [3.8, 4) is 0 Å². The van der Waals surface area contributed by atoms with Gasteiger partial charge >= 0.3 is 0 Å². The van der Waals surface area contributed by atoms with Gasteiger partial charge in [0.15, 0.2) is 15.8 Å². The maximum absolute atomic E-state index is 12.2. The first-order valence-electron chi connectivity index (χ1n) is 4.82. The van der Waals surface area contributed by atoms with Crippen LogP contribution in [0, 0.1) is 0 Å². The third-order valence-electron chi connectivity index (χ3n) is 2.54. The maximum atomic E-state index is 12.2. The number of sulfone groups is 1. The van der Waals surface area contributed by atoms with Crippen LogP contribution in [0.2, 0.25) is 0 Å². The molecule has 0 radical (unpaired) electrons. The van der Waals surface area contributed by atoms with E-state index in [-0.39, 0.29) is 27.0 Å². The van der Waals surface area contributed by atoms with Crippen molar-refractivity contribution < 1.29 is 13.2 Å². The van der Waals surface area contributed by atoms with Crippen molar-refractivity contribution in [2.24, 2.45) is 0 Å². The second-order valence-electron chi connectivity index (χ2n) is 3.54. The molecule has 0 fully saturated rings. The molecule has 5 nitrogen and oxygen atoms in total. The number of carbonyl (C=O) groups is 1. The first-order chi connectivity index (χ1) is 8.12. The molecule has 0 saturated carbocycles. The first kappa shape index (κ1) is 10.1. The van der Waals surface area contributed by atoms with Crippen LogP contribution in [-0.2, 0) is 9.84 Å². The fourth-order valence-electron chi connectivity index (χ4n) is 1.79. The zero-order valence-electron chi connectivity index (χ0n) is 8.49. The summed E-state index contributed by atoms with van der Waals surface area (Å²) in [4.78, 5) is 19.6. The Bertz CT molecular complexity index is 682. The average molecular weight is 246 g/mol. The van der Waals surface area contributed by atoms with Gasteiger partial charge in [-0.1, -0.05) is 0 Å². The lowest BCUT2D eigenvalue weighted by atomic mass is 10.1. The summed E-state index contributed by atoms with van der Waals surface area (Å²) < 4.78 is 24.3. The lowest BCUT2D eigenvalue weighted by Gasteiger charge is -2.15. The van der Waals surface area contributed by atoms with Crippen LogP contribution in [0.15, 0.2) is 46.7 Å². The molecule has 0 atom stereocenters. The summed E-state index contributed by atoms with van der Waals surface area (Å²) in [6.45, 7) is 0. The van der Waals surface area contributed by atoms with E-state index in [9.17, 15) is 13.2 Å². The lowest BCUT2D eigenvalue weighted by Crippen LogP contribution is -2.22. The maximum Gasteiger partial charge on any atom is 0.242 e. The van der Waals surface area contributed by atoms with Crippen molar-refractivity contribution in [2.45, 2.75) is 10.1 Å². The van der Waals surface area contributed by atoms with Crippen LogP contribution in [0.1, 0.15) is 15.9 Å². The molecule has 0 bridgehead atoms. The fraction of sp³-hybridized carbons (Fsp3) is 0. The summed E-state index contributed by atoms with van der Waals surface area (Å²) in [6.07, 6.45) is 2.69. The van der Waals surface area contributed by atoms with Gasteiger partial charge in [0.2, 0.25) is 9.84 Å². The average Bonchev–Trinajstić information content (AvgIpc) is 2.37. The monoisotopic (exact) mass is 246 g/mol. The van der Waals surface area contributed by atoms with E-state index in [1.54, 1.807) is 0 Å². The van der Waals surface area contributed by atoms with Gasteiger partial charge in [-0.3, -0.25) is 4.79 Å². The van der Waals surface area contributed by atoms with E-state index in [2.05, 4.69) is 9.97 Å². The molecule has 3 rings (SSSR count). The second-order valence-corrected chi connectivity index (χ2v) is 5.33. The smallest absolute Gasteiger partial charge is 0.242 e. The van der Waals surface area contributed by atoms with E-state index in [0.29, 0.717) is 0 Å². The van der Waals surface area contributed by atoms with Gasteiger partial charge in [-0.25, -0.2) is 18.4 Å². The van der Waals surface area contributed by atoms with Crippen molar-refractivity contribution in [1.29, 1.82) is 0 Å². The van der Waals surface area contributed by atoms with Gasteiger partial charge in [-0.05, 0) is 24.3 Å². The van der Waals surface area contributed by atoms with Gasteiger partial charge in [0.05, 0.1) is 11.1 Å². The minimum absolute atomic E-state index is 0.105. The van der Waals surface area contributed by atoms with Gasteiger partial charge in [0.1, 0.15) is 0 Å². The number of nitrogens with zero attached hydrogens (tertiary/aromatic N) is 2. The van der Waals surface area contributed by atoms with Crippen molar-refractivity contribution in [3.63, 3.8) is 0 Å². The minimum Gasteiger partial charge on any atom is -0.288 e. The zero-order chi connectivity index (χ0) is 12.0. The summed E-state index contributed by atoms with van der Waals surface area (Å²) >= 11 is 0. The van der Waals surface area contributed by atoms with Crippen LogP contribution < -0.4 is 0 Å². The van der Waals surface area contributed by atoms with Crippen LogP contribution in [0.4, 0.5) is 0 Å². The van der Waals surface area contributed by atoms with E-state index in [1.807, 2.05) is 0 Å². The first-order valence-corrected chi connectivity index (χ1v) is 6.30. The molecule has 0 aromatic carbocycles. The van der Waals surface area contributed by atoms with Gasteiger partial charge in [0.25, 0.3) is 0 Å². The Morgan fingerprint density at radius 3 is 1.82 bits per heavy atom. The van der Waals surface area contributed by atoms with E-state index in [4.69, 9.17) is 0 Å². The molecule has 1 aliphatic heterocycles. The van der Waals surface area contributed by atoms with E-state index >= 15 is 0 Å². The quantitative estimate of drug-likeness (QED) is 0.587. The molecule has 17 heavy (non-hydrogen) atoms. The Labute approximate surface area is 97.1 Å². The summed E-state index contributed by atoms with van der Waals surface area (Å²) in [5.41, 5.74) is 0.209. The number of fused-ring (bicyclic) bond motifs is 2. The molecular weight excluding hydrogens is 240 g/mol. The highest BCUT2D eigenvalue weighted by Gasteiger charge is 2.36. The van der Waals surface area contributed by atoms with Crippen LogP contribution in [0.3, 0.4) is 0 Å². The van der Waals surface area contributed by atoms with E-state index in [0.717, 1.165) is 0 Å². The number of rotatable bonds is 0. The largest absolute Gasteiger partial charge is 0.288 e. The molecule has 2 aromatic rings. The predicted octanol–water partition coefficient (Wildman–Crippen LogP) is 0.854. The van der Waals surface area contributed by atoms with Crippen molar-refractivity contribution in [1.82, 2.24) is 9.97 Å². The Morgan fingerprint density at radius 1 is 0.882 bits per heavy atom. The van der Waals surface area contributed by atoms with Crippen LogP contribution in [0.5, 0.6) is 0 Å². The Kier molecular flexibility index (Phi) is 1.90. The number of ketones is 1. The standard InChI is InChI=1S/C11H6N2O3S/c14-9-7-3-1-5-12-10(7)17(15,16)11-8(9)4-2-6-13-11/h1-6H. The number of pyridine rings is 2. The lowest BCUT2D eigenvalue weighted by molar-refractivity contribution is 0.102. The van der Waals surface area contributed by atoms with Crippen LogP contribution in [0.25, 0.3) is 0 Å². The third-order valence-corrected chi connectivity index (χ3v) is 4.21. The SMILES string of the molecule is O=C1c2cccnc2S(=O)(=O)c2ncccc21. The van der Waals surface area contributed by atoms with Gasteiger partial charge in [-0.15, -0.1) is 0 Å². The highest BCUT2D eigenvalue weighted by molar-refractivity contribution is 7.91. The normalized spacial score (nSPS) is 16.1. The van der Waals surface area contributed by atoms with E-state index in [1.165, 1.54) is 36.7 Å². The van der Waals surface area contributed by atoms with Gasteiger partial charge in [-0.2, -0.15) is 0 Å². The Balaban J connectivity index is 2.47. The summed E-state index contributed by atoms with van der Waals surface area (Å²) in [5.74, 6) is -0.356. The minimum atomic E-state index is -3.78. The molecule has 0 amide bonds. The van der Waals surface area contributed by atoms with Crippen molar-refractivity contribution in [2.75, 3.05) is 0 Å². The molecule has 0 spiro atoms. The summed E-state index contributed by atoms with van der Waals surface area (Å²) in [6, 6.07) is 5.98. The van der Waals surface area contributed by atoms with Gasteiger partial charge < -0.3 is 0 Å². The number of carbonyl (C=O) groups excluding carboxylic acids is 1. The molecule has 0 aliphatic carbocycles. The highest BCUT2D eigenvalue weighted by atomic mass is 32.2. The van der Waals surface area contributed by atoms with Crippen LogP contribution in [-0.4, -0.2) is 24.2 Å². The zero-order valence-corrected chi connectivity index (χ0v) is 9.31. The van der Waals surface area contributed by atoms with Gasteiger partial charge in [0, 0.05) is 12.4 Å². The van der Waals surface area contributed by atoms with Crippen molar-refractivity contribution >= 4 is 15.6 Å². The Hall–Kier alpha value is -2.08. The van der Waals surface area contributed by atoms with E-state index < -0.39 is 9.84 Å². The molecule has 6 heteroatoms. The third kappa shape index (κ3) is 1.24. The van der Waals surface area contributed by atoms with Crippen LogP contribution >= 0.6 is 0 Å². The van der Waals surface area contributed by atoms with Crippen molar-refractivity contribution in [3.05, 3.63) is 47.8 Å². The summed E-state index contributed by atoms with van der Waals surface area (Å²) in [7, 11) is -3.78. The molecule has 0 N–H and O–H groups in total. The molecule has 0 unspecified atom stereocenters. The topological polar surface area (TPSA) is 77.0 Å². The number of hydrogen-bond acceptors (Lipinski definition) is 5. The number of hydrogen-bond donors (Lipinski definition) is 0. The molecule has 84 valence electrons. The molecule has 1 aliphatic rings. The molecule has 0 saturated heterocycles. The predicted molar refractivity (Wildman–Crippen MR) is 57.4 cm³/mol. The number of aromatic nitrogens is 2.